The number of hydrogen-bond acceptors (Lipinski definition) is 7. The third kappa shape index (κ3) is 6.00. The van der Waals surface area contributed by atoms with Gasteiger partial charge in [-0.1, -0.05) is 11.6 Å². The summed E-state index contributed by atoms with van der Waals surface area (Å²) in [7, 11) is 1.24. The summed E-state index contributed by atoms with van der Waals surface area (Å²) in [5.74, 6) is -0.948. The summed E-state index contributed by atoms with van der Waals surface area (Å²) < 4.78 is 10.2. The maximum absolute atomic E-state index is 13.6. The van der Waals surface area contributed by atoms with Crippen molar-refractivity contribution in [1.29, 1.82) is 0 Å². The molecule has 4 amide bonds. The first kappa shape index (κ1) is 27.2. The largest absolute Gasteiger partial charge is 0.453 e. The average Bonchev–Trinajstić information content (AvgIpc) is 3.27. The number of methoxy groups -OCH3 is 1. The Hall–Kier alpha value is -3.83. The summed E-state index contributed by atoms with van der Waals surface area (Å²) in [6.45, 7) is 3.43. The fourth-order valence-electron chi connectivity index (χ4n) is 4.68. The van der Waals surface area contributed by atoms with Crippen LogP contribution in [0.1, 0.15) is 42.6 Å². The number of ether oxygens (including phenoxy) is 2. The van der Waals surface area contributed by atoms with Gasteiger partial charge in [-0.2, -0.15) is 0 Å². The molecule has 2 atom stereocenters. The number of halogens is 1. The molecule has 11 nitrogen and oxygen atoms in total. The zero-order chi connectivity index (χ0) is 27.7. The van der Waals surface area contributed by atoms with Gasteiger partial charge in [-0.3, -0.25) is 20.2 Å². The van der Waals surface area contributed by atoms with E-state index < -0.39 is 41.2 Å². The van der Waals surface area contributed by atoms with Gasteiger partial charge in [0.15, 0.2) is 5.60 Å². The van der Waals surface area contributed by atoms with Crippen molar-refractivity contribution < 1.29 is 33.8 Å². The van der Waals surface area contributed by atoms with Gasteiger partial charge in [0.25, 0.3) is 5.91 Å². The second-order valence-electron chi connectivity index (χ2n) is 9.95. The number of aliphatic hydroxyl groups is 1. The van der Waals surface area contributed by atoms with Crippen molar-refractivity contribution in [3.8, 4) is 0 Å². The van der Waals surface area contributed by atoms with E-state index in [4.69, 9.17) is 16.3 Å². The highest BCUT2D eigenvalue weighted by atomic mass is 35.5. The van der Waals surface area contributed by atoms with Gasteiger partial charge in [0.1, 0.15) is 6.04 Å². The van der Waals surface area contributed by atoms with Gasteiger partial charge in [-0.25, -0.2) is 9.59 Å². The molecule has 2 heterocycles. The number of anilines is 2. The van der Waals surface area contributed by atoms with E-state index in [1.54, 1.807) is 32.0 Å². The molecule has 1 fully saturated rings. The molecule has 1 spiro atoms. The minimum Gasteiger partial charge on any atom is -0.453 e. The molecule has 4 N–H and O–H groups in total. The van der Waals surface area contributed by atoms with E-state index in [2.05, 4.69) is 20.7 Å². The minimum absolute atomic E-state index is 0.0488. The molecule has 4 rings (SSSR count). The molecule has 12 heteroatoms. The molecular weight excluding hydrogens is 516 g/mol. The van der Waals surface area contributed by atoms with Crippen molar-refractivity contribution in [2.24, 2.45) is 0 Å². The minimum atomic E-state index is -1.26. The van der Waals surface area contributed by atoms with Crippen molar-refractivity contribution >= 4 is 47.0 Å². The van der Waals surface area contributed by atoms with Gasteiger partial charge in [0, 0.05) is 41.2 Å². The van der Waals surface area contributed by atoms with Gasteiger partial charge < -0.3 is 24.8 Å². The van der Waals surface area contributed by atoms with E-state index in [0.29, 0.717) is 28.4 Å². The Balaban J connectivity index is 1.52. The Morgan fingerprint density at radius 3 is 2.61 bits per heavy atom. The summed E-state index contributed by atoms with van der Waals surface area (Å²) in [6.07, 6.45) is -0.976. The topological polar surface area (TPSA) is 146 Å². The number of nitrogens with zero attached hydrogens (tertiary/aromatic N) is 1. The van der Waals surface area contributed by atoms with Crippen molar-refractivity contribution in [3.63, 3.8) is 0 Å². The Bertz CT molecular complexity index is 1260. The Labute approximate surface area is 224 Å². The molecule has 38 heavy (non-hydrogen) atoms. The molecule has 2 aliphatic rings. The van der Waals surface area contributed by atoms with Crippen LogP contribution in [0.2, 0.25) is 5.02 Å². The molecule has 0 aromatic heterocycles. The van der Waals surface area contributed by atoms with E-state index in [9.17, 15) is 24.3 Å². The summed E-state index contributed by atoms with van der Waals surface area (Å²) in [5.41, 5.74) is -0.431. The van der Waals surface area contributed by atoms with E-state index in [1.165, 1.54) is 36.3 Å². The predicted molar refractivity (Wildman–Crippen MR) is 139 cm³/mol. The first-order chi connectivity index (χ1) is 17.9. The Morgan fingerprint density at radius 1 is 1.24 bits per heavy atom. The number of hydrogen-bond donors (Lipinski definition) is 4. The fraction of sp³-hybridized carbons (Fsp3) is 0.385. The van der Waals surface area contributed by atoms with Gasteiger partial charge >= 0.3 is 12.2 Å². The summed E-state index contributed by atoms with van der Waals surface area (Å²) in [6, 6.07) is 10.0. The predicted octanol–water partition coefficient (Wildman–Crippen LogP) is 3.47. The smallest absolute Gasteiger partial charge is 0.412 e. The van der Waals surface area contributed by atoms with Gasteiger partial charge in [0.2, 0.25) is 5.91 Å². The summed E-state index contributed by atoms with van der Waals surface area (Å²) in [5, 5.41) is 18.8. The maximum atomic E-state index is 13.6. The van der Waals surface area contributed by atoms with Crippen LogP contribution in [0.3, 0.4) is 0 Å². The Kier molecular flexibility index (Phi) is 7.52. The summed E-state index contributed by atoms with van der Waals surface area (Å²) >= 11 is 6.20. The van der Waals surface area contributed by atoms with Crippen LogP contribution in [-0.2, 0) is 19.9 Å². The van der Waals surface area contributed by atoms with Gasteiger partial charge in [-0.05, 0) is 56.3 Å². The second kappa shape index (κ2) is 10.5. The highest BCUT2D eigenvalue weighted by Gasteiger charge is 2.49. The number of fused-ring (bicyclic) bond motifs is 2. The van der Waals surface area contributed by atoms with Crippen molar-refractivity contribution in [3.05, 3.63) is 58.6 Å². The molecule has 0 bridgehead atoms. The lowest BCUT2D eigenvalue weighted by molar-refractivity contribution is -0.134. The Morgan fingerprint density at radius 2 is 1.95 bits per heavy atom. The molecule has 1 saturated heterocycles. The highest BCUT2D eigenvalue weighted by Crippen LogP contribution is 2.44. The quantitative estimate of drug-likeness (QED) is 0.435. The normalized spacial score (nSPS) is 19.2. The van der Waals surface area contributed by atoms with Crippen LogP contribution in [0.4, 0.5) is 21.0 Å². The molecule has 202 valence electrons. The maximum Gasteiger partial charge on any atom is 0.412 e. The van der Waals surface area contributed by atoms with Crippen LogP contribution in [0.15, 0.2) is 42.5 Å². The first-order valence-electron chi connectivity index (χ1n) is 12.0. The number of nitrogens with one attached hydrogen (secondary N) is 3. The molecular formula is C26H29ClN4O7. The van der Waals surface area contributed by atoms with Crippen molar-refractivity contribution in [1.82, 2.24) is 10.2 Å². The molecule has 0 radical (unpaired) electrons. The average molecular weight is 545 g/mol. The SMILES string of the molecule is COC(=O)Nc1ccc(C(=O)NC(CC(C)(C)O)C(=O)N2CCC3(C2)OC(=O)Nc2ccc(Cl)cc23)cc1. The van der Waals surface area contributed by atoms with Gasteiger partial charge in [0.05, 0.1) is 24.9 Å². The van der Waals surface area contributed by atoms with Crippen LogP contribution in [-0.4, -0.2) is 65.8 Å². The van der Waals surface area contributed by atoms with E-state index in [0.717, 1.165) is 0 Å². The van der Waals surface area contributed by atoms with E-state index in [1.807, 2.05) is 0 Å². The molecule has 2 unspecified atom stereocenters. The number of rotatable bonds is 6. The monoisotopic (exact) mass is 544 g/mol. The standard InChI is InChI=1S/C26H29ClN4O7/c1-25(2,36)13-20(29-21(32)15-4-7-17(8-5-15)28-23(34)37-3)22(33)31-11-10-26(14-31)18-12-16(27)6-9-19(18)30-24(35)38-26/h4-9,12,20,36H,10-11,13-14H2,1-3H3,(H,28,34)(H,29,32)(H,30,35). The van der Waals surface area contributed by atoms with Crippen LogP contribution in [0.25, 0.3) is 0 Å². The lowest BCUT2D eigenvalue weighted by Gasteiger charge is -2.36. The number of likely N-dealkylation sites (tertiary alicyclic amines) is 1. The van der Waals surface area contributed by atoms with Crippen molar-refractivity contribution in [2.75, 3.05) is 30.8 Å². The number of carbonyl (C=O) groups is 4. The number of benzene rings is 2. The van der Waals surface area contributed by atoms with Crippen LogP contribution in [0, 0.1) is 0 Å². The van der Waals surface area contributed by atoms with Crippen LogP contribution in [0.5, 0.6) is 0 Å². The fourth-order valence-corrected chi connectivity index (χ4v) is 4.85. The van der Waals surface area contributed by atoms with Crippen molar-refractivity contribution in [2.45, 2.75) is 43.9 Å². The molecule has 0 saturated carbocycles. The molecule has 2 aromatic rings. The number of amides is 4. The lowest BCUT2D eigenvalue weighted by Crippen LogP contribution is -2.52. The first-order valence-corrected chi connectivity index (χ1v) is 12.3. The molecule has 2 aliphatic heterocycles. The van der Waals surface area contributed by atoms with E-state index in [-0.39, 0.29) is 25.1 Å². The summed E-state index contributed by atoms with van der Waals surface area (Å²) in [4.78, 5) is 51.8. The zero-order valence-corrected chi connectivity index (χ0v) is 21.9. The second-order valence-corrected chi connectivity index (χ2v) is 10.4. The zero-order valence-electron chi connectivity index (χ0n) is 21.2. The van der Waals surface area contributed by atoms with E-state index >= 15 is 0 Å². The van der Waals surface area contributed by atoms with Crippen LogP contribution >= 0.6 is 11.6 Å². The van der Waals surface area contributed by atoms with Gasteiger partial charge in [-0.15, -0.1) is 0 Å². The third-order valence-electron chi connectivity index (χ3n) is 6.43. The molecule has 2 aromatic carbocycles. The third-order valence-corrected chi connectivity index (χ3v) is 6.66. The molecule has 0 aliphatic carbocycles. The highest BCUT2D eigenvalue weighted by molar-refractivity contribution is 6.30. The number of carbonyl (C=O) groups excluding carboxylic acids is 4. The van der Waals surface area contributed by atoms with Crippen LogP contribution < -0.4 is 16.0 Å². The lowest BCUT2D eigenvalue weighted by atomic mass is 9.90.